The zero-order valence-electron chi connectivity index (χ0n) is 16.6. The SMILES string of the molecule is Cl.O=C(O)CCCCN1CCC(=C2c3ccccc3CSc3ccccc32)CC1. The van der Waals surface area contributed by atoms with Crippen molar-refractivity contribution in [1.29, 1.82) is 0 Å². The third kappa shape index (κ3) is 5.25. The fourth-order valence-corrected chi connectivity index (χ4v) is 5.34. The molecule has 0 amide bonds. The Labute approximate surface area is 183 Å². The number of carboxylic acids is 1. The Balaban J connectivity index is 0.00000240. The van der Waals surface area contributed by atoms with E-state index in [0.717, 1.165) is 51.1 Å². The molecule has 154 valence electrons. The quantitative estimate of drug-likeness (QED) is 0.603. The number of benzene rings is 2. The summed E-state index contributed by atoms with van der Waals surface area (Å²) in [4.78, 5) is 14.6. The van der Waals surface area contributed by atoms with Gasteiger partial charge in [0, 0.05) is 30.2 Å². The van der Waals surface area contributed by atoms with Crippen LogP contribution in [0.5, 0.6) is 0 Å². The van der Waals surface area contributed by atoms with Gasteiger partial charge in [-0.2, -0.15) is 0 Å². The molecule has 29 heavy (non-hydrogen) atoms. The van der Waals surface area contributed by atoms with Crippen LogP contribution in [-0.4, -0.2) is 35.6 Å². The first-order chi connectivity index (χ1) is 13.7. The molecule has 2 aromatic rings. The number of thioether (sulfide) groups is 1. The average Bonchev–Trinajstić information content (AvgIpc) is 2.89. The minimum absolute atomic E-state index is 0. The van der Waals surface area contributed by atoms with Gasteiger partial charge >= 0.3 is 5.97 Å². The number of nitrogens with zero attached hydrogens (tertiary/aromatic N) is 1. The Morgan fingerprint density at radius 2 is 1.66 bits per heavy atom. The number of halogens is 1. The molecule has 5 heteroatoms. The molecule has 0 bridgehead atoms. The van der Waals surface area contributed by atoms with Crippen molar-refractivity contribution >= 4 is 35.7 Å². The van der Waals surface area contributed by atoms with Gasteiger partial charge in [0.25, 0.3) is 0 Å². The number of piperidine rings is 1. The van der Waals surface area contributed by atoms with Crippen molar-refractivity contribution in [2.24, 2.45) is 0 Å². The van der Waals surface area contributed by atoms with Crippen molar-refractivity contribution in [2.45, 2.75) is 42.8 Å². The van der Waals surface area contributed by atoms with Gasteiger partial charge in [0.15, 0.2) is 0 Å². The third-order valence-corrected chi connectivity index (χ3v) is 6.88. The van der Waals surface area contributed by atoms with Crippen LogP contribution in [0.1, 0.15) is 48.8 Å². The van der Waals surface area contributed by atoms with Crippen LogP contribution < -0.4 is 0 Å². The molecule has 2 aliphatic heterocycles. The van der Waals surface area contributed by atoms with Crippen molar-refractivity contribution in [3.05, 3.63) is 70.8 Å². The lowest BCUT2D eigenvalue weighted by Crippen LogP contribution is -2.32. The minimum Gasteiger partial charge on any atom is -0.481 e. The number of unbranched alkanes of at least 4 members (excludes halogenated alkanes) is 1. The molecule has 3 nitrogen and oxygen atoms in total. The van der Waals surface area contributed by atoms with Crippen LogP contribution in [0.3, 0.4) is 0 Å². The highest BCUT2D eigenvalue weighted by Crippen LogP contribution is 2.43. The standard InChI is InChI=1S/C24H27NO2S.ClH/c26-23(27)11-5-6-14-25-15-12-18(13-16-25)24-20-8-2-1-7-19(20)17-28-22-10-4-3-9-21(22)24;/h1-4,7-10H,5-6,11-17H2,(H,26,27);1H. The van der Waals surface area contributed by atoms with Gasteiger partial charge in [0.05, 0.1) is 0 Å². The van der Waals surface area contributed by atoms with E-state index in [2.05, 4.69) is 53.4 Å². The first kappa shape index (κ1) is 21.9. The van der Waals surface area contributed by atoms with E-state index in [1.54, 1.807) is 5.57 Å². The molecule has 2 heterocycles. The number of hydrogen-bond acceptors (Lipinski definition) is 3. The number of carbonyl (C=O) groups is 1. The summed E-state index contributed by atoms with van der Waals surface area (Å²) in [7, 11) is 0. The largest absolute Gasteiger partial charge is 0.481 e. The fourth-order valence-electron chi connectivity index (χ4n) is 4.28. The van der Waals surface area contributed by atoms with Crippen molar-refractivity contribution in [1.82, 2.24) is 4.90 Å². The number of fused-ring (bicyclic) bond motifs is 2. The lowest BCUT2D eigenvalue weighted by atomic mass is 9.86. The Bertz CT molecular complexity index is 836. The molecule has 0 atom stereocenters. The minimum atomic E-state index is -0.686. The van der Waals surface area contributed by atoms with Gasteiger partial charge in [-0.15, -0.1) is 24.2 Å². The van der Waals surface area contributed by atoms with Gasteiger partial charge in [-0.25, -0.2) is 0 Å². The molecule has 0 saturated carbocycles. The van der Waals surface area contributed by atoms with E-state index in [0.29, 0.717) is 0 Å². The van der Waals surface area contributed by atoms with Gasteiger partial charge in [0.2, 0.25) is 0 Å². The molecule has 1 saturated heterocycles. The highest BCUT2D eigenvalue weighted by atomic mass is 35.5. The molecule has 0 aliphatic carbocycles. The first-order valence-electron chi connectivity index (χ1n) is 10.2. The smallest absolute Gasteiger partial charge is 0.303 e. The molecular formula is C24H28ClNO2S. The van der Waals surface area contributed by atoms with Crippen molar-refractivity contribution in [2.75, 3.05) is 19.6 Å². The van der Waals surface area contributed by atoms with Crippen LogP contribution in [0.2, 0.25) is 0 Å². The van der Waals surface area contributed by atoms with Crippen LogP contribution in [0.25, 0.3) is 5.57 Å². The molecule has 0 radical (unpaired) electrons. The zero-order valence-corrected chi connectivity index (χ0v) is 18.2. The average molecular weight is 430 g/mol. The number of carboxylic acid groups (broad SMARTS) is 1. The molecule has 4 rings (SSSR count). The summed E-state index contributed by atoms with van der Waals surface area (Å²) in [6, 6.07) is 17.7. The van der Waals surface area contributed by atoms with E-state index in [-0.39, 0.29) is 18.8 Å². The molecule has 0 aromatic heterocycles. The monoisotopic (exact) mass is 429 g/mol. The zero-order chi connectivity index (χ0) is 19.3. The van der Waals surface area contributed by atoms with E-state index < -0.39 is 5.97 Å². The van der Waals surface area contributed by atoms with Crippen LogP contribution in [0.4, 0.5) is 0 Å². The lowest BCUT2D eigenvalue weighted by Gasteiger charge is -2.30. The molecule has 1 N–H and O–H groups in total. The lowest BCUT2D eigenvalue weighted by molar-refractivity contribution is -0.137. The predicted molar refractivity (Wildman–Crippen MR) is 123 cm³/mol. The topological polar surface area (TPSA) is 40.5 Å². The fraction of sp³-hybridized carbons (Fsp3) is 0.375. The molecule has 0 unspecified atom stereocenters. The second-order valence-corrected chi connectivity index (χ2v) is 8.63. The van der Waals surface area contributed by atoms with Crippen molar-refractivity contribution in [3.63, 3.8) is 0 Å². The van der Waals surface area contributed by atoms with Crippen molar-refractivity contribution in [3.8, 4) is 0 Å². The summed E-state index contributed by atoms with van der Waals surface area (Å²) in [6.07, 6.45) is 4.23. The summed E-state index contributed by atoms with van der Waals surface area (Å²) in [5.41, 5.74) is 7.26. The number of hydrogen-bond donors (Lipinski definition) is 1. The van der Waals surface area contributed by atoms with Crippen LogP contribution in [0.15, 0.2) is 59.0 Å². The summed E-state index contributed by atoms with van der Waals surface area (Å²) in [5.74, 6) is 0.342. The number of rotatable bonds is 5. The summed E-state index contributed by atoms with van der Waals surface area (Å²) < 4.78 is 0. The van der Waals surface area contributed by atoms with E-state index in [1.807, 2.05) is 11.8 Å². The third-order valence-electron chi connectivity index (χ3n) is 5.75. The number of likely N-dealkylation sites (tertiary alicyclic amines) is 1. The van der Waals surface area contributed by atoms with Gasteiger partial charge < -0.3 is 10.0 Å². The second kappa shape index (κ2) is 10.3. The van der Waals surface area contributed by atoms with E-state index >= 15 is 0 Å². The predicted octanol–water partition coefficient (Wildman–Crippen LogP) is 5.87. The second-order valence-electron chi connectivity index (χ2n) is 7.61. The number of aliphatic carboxylic acids is 1. The van der Waals surface area contributed by atoms with Crippen LogP contribution in [-0.2, 0) is 10.5 Å². The van der Waals surface area contributed by atoms with Crippen molar-refractivity contribution < 1.29 is 9.90 Å². The van der Waals surface area contributed by atoms with Gasteiger partial charge in [-0.05, 0) is 60.6 Å². The molecule has 2 aromatic carbocycles. The van der Waals surface area contributed by atoms with E-state index in [4.69, 9.17) is 5.11 Å². The maximum atomic E-state index is 10.7. The maximum absolute atomic E-state index is 10.7. The molecule has 0 spiro atoms. The van der Waals surface area contributed by atoms with Crippen LogP contribution >= 0.6 is 24.2 Å². The van der Waals surface area contributed by atoms with E-state index in [9.17, 15) is 4.79 Å². The summed E-state index contributed by atoms with van der Waals surface area (Å²) in [5, 5.41) is 8.79. The van der Waals surface area contributed by atoms with Gasteiger partial charge in [-0.3, -0.25) is 4.79 Å². The maximum Gasteiger partial charge on any atom is 0.303 e. The Hall–Kier alpha value is -1.75. The summed E-state index contributed by atoms with van der Waals surface area (Å²) in [6.45, 7) is 3.16. The summed E-state index contributed by atoms with van der Waals surface area (Å²) >= 11 is 1.94. The first-order valence-corrected chi connectivity index (χ1v) is 11.2. The van der Waals surface area contributed by atoms with Crippen LogP contribution in [0, 0.1) is 0 Å². The normalized spacial score (nSPS) is 16.4. The Kier molecular flexibility index (Phi) is 7.82. The Morgan fingerprint density at radius 1 is 0.966 bits per heavy atom. The molecule has 2 aliphatic rings. The Morgan fingerprint density at radius 3 is 2.41 bits per heavy atom. The highest BCUT2D eigenvalue weighted by molar-refractivity contribution is 7.98. The van der Waals surface area contributed by atoms with Gasteiger partial charge in [-0.1, -0.05) is 48.0 Å². The molecule has 1 fully saturated rings. The van der Waals surface area contributed by atoms with E-state index in [1.165, 1.54) is 27.2 Å². The highest BCUT2D eigenvalue weighted by Gasteiger charge is 2.23. The van der Waals surface area contributed by atoms with Gasteiger partial charge in [0.1, 0.15) is 0 Å². The molecular weight excluding hydrogens is 402 g/mol.